The molecule has 0 aliphatic carbocycles. The number of thiazole rings is 1. The lowest BCUT2D eigenvalue weighted by molar-refractivity contribution is 0.190. The Balaban J connectivity index is 1.46. The van der Waals surface area contributed by atoms with Gasteiger partial charge in [0.15, 0.2) is 10.9 Å². The molecule has 0 saturated carbocycles. The molecule has 34 heavy (non-hydrogen) atoms. The Hall–Kier alpha value is -3.25. The summed E-state index contributed by atoms with van der Waals surface area (Å²) >= 11 is 2.95. The molecular weight excluding hydrogens is 475 g/mol. The summed E-state index contributed by atoms with van der Waals surface area (Å²) in [6.07, 6.45) is 2.40. The van der Waals surface area contributed by atoms with Crippen LogP contribution in [0.15, 0.2) is 24.3 Å². The standard InChI is InChI=1S/C22H25FN8OS2/c1-3-15-19(29(2)21-27-16(17(24)33-21)12-4-6-14(23)7-5-12)31-22(26-15)34-18(28-31)13-8-10-30(11-9-13)20(25)32/h4-7,13H,3,8-11,24H2,1-2H3,(H2,25,32). The fourth-order valence-electron chi connectivity index (χ4n) is 4.25. The molecule has 0 bridgehead atoms. The number of amides is 2. The topological polar surface area (TPSA) is 119 Å². The van der Waals surface area contributed by atoms with E-state index in [2.05, 4.69) is 6.92 Å². The van der Waals surface area contributed by atoms with Crippen LogP contribution >= 0.6 is 22.7 Å². The molecule has 4 heterocycles. The van der Waals surface area contributed by atoms with Crippen LogP contribution in [0.25, 0.3) is 16.2 Å². The number of imidazole rings is 1. The average Bonchev–Trinajstić information content (AvgIpc) is 3.51. The van der Waals surface area contributed by atoms with Crippen LogP contribution in [0.5, 0.6) is 0 Å². The highest BCUT2D eigenvalue weighted by Gasteiger charge is 2.28. The van der Waals surface area contributed by atoms with Crippen molar-refractivity contribution < 1.29 is 9.18 Å². The van der Waals surface area contributed by atoms with Crippen molar-refractivity contribution >= 4 is 49.6 Å². The summed E-state index contributed by atoms with van der Waals surface area (Å²) in [6.45, 7) is 3.34. The lowest BCUT2D eigenvalue weighted by Gasteiger charge is -2.29. The number of aryl methyl sites for hydroxylation is 1. The van der Waals surface area contributed by atoms with E-state index in [0.29, 0.717) is 28.9 Å². The molecule has 4 N–H and O–H groups in total. The number of hydrogen-bond donors (Lipinski definition) is 2. The van der Waals surface area contributed by atoms with Gasteiger partial charge in [-0.25, -0.2) is 19.2 Å². The Morgan fingerprint density at radius 1 is 1.21 bits per heavy atom. The Morgan fingerprint density at radius 2 is 1.91 bits per heavy atom. The van der Waals surface area contributed by atoms with Crippen molar-refractivity contribution in [3.63, 3.8) is 0 Å². The number of hydrogen-bond acceptors (Lipinski definition) is 8. The van der Waals surface area contributed by atoms with Gasteiger partial charge in [0.05, 0.1) is 5.69 Å². The molecule has 1 aliphatic heterocycles. The molecule has 0 unspecified atom stereocenters. The number of fused-ring (bicyclic) bond motifs is 1. The maximum atomic E-state index is 13.3. The Labute approximate surface area is 203 Å². The fourth-order valence-corrected chi connectivity index (χ4v) is 6.15. The molecule has 1 saturated heterocycles. The normalized spacial score (nSPS) is 14.7. The van der Waals surface area contributed by atoms with Crippen molar-refractivity contribution in [3.8, 4) is 11.3 Å². The van der Waals surface area contributed by atoms with Gasteiger partial charge >= 0.3 is 6.03 Å². The molecule has 3 aromatic heterocycles. The van der Waals surface area contributed by atoms with Crippen LogP contribution < -0.4 is 16.4 Å². The first-order valence-electron chi connectivity index (χ1n) is 11.0. The first kappa shape index (κ1) is 22.5. The molecule has 1 fully saturated rings. The predicted octanol–water partition coefficient (Wildman–Crippen LogP) is 4.22. The Morgan fingerprint density at radius 3 is 2.56 bits per heavy atom. The maximum absolute atomic E-state index is 13.3. The molecule has 0 radical (unpaired) electrons. The maximum Gasteiger partial charge on any atom is 0.314 e. The third-order valence-electron chi connectivity index (χ3n) is 6.12. The highest BCUT2D eigenvalue weighted by molar-refractivity contribution is 7.20. The van der Waals surface area contributed by atoms with Crippen molar-refractivity contribution in [2.75, 3.05) is 30.8 Å². The van der Waals surface area contributed by atoms with Crippen LogP contribution in [0.4, 0.5) is 25.1 Å². The number of carbonyl (C=O) groups excluding carboxylic acids is 1. The summed E-state index contributed by atoms with van der Waals surface area (Å²) < 4.78 is 15.2. The zero-order chi connectivity index (χ0) is 24.0. The van der Waals surface area contributed by atoms with Gasteiger partial charge in [-0.15, -0.1) is 0 Å². The summed E-state index contributed by atoms with van der Waals surface area (Å²) in [7, 11) is 1.93. The number of primary amides is 1. The summed E-state index contributed by atoms with van der Waals surface area (Å²) in [5, 5.41) is 7.20. The average molecular weight is 501 g/mol. The van der Waals surface area contributed by atoms with Crippen molar-refractivity contribution in [1.82, 2.24) is 24.5 Å². The number of piperidine rings is 1. The van der Waals surface area contributed by atoms with Gasteiger partial charge in [0.1, 0.15) is 21.5 Å². The van der Waals surface area contributed by atoms with E-state index in [1.165, 1.54) is 23.5 Å². The smallest absolute Gasteiger partial charge is 0.314 e. The SMILES string of the molecule is CCc1nc2sc(C3CCN(C(N)=O)CC3)nn2c1N(C)c1nc(-c2ccc(F)cc2)c(N)s1. The quantitative estimate of drug-likeness (QED) is 0.423. The molecule has 1 aromatic carbocycles. The van der Waals surface area contributed by atoms with Gasteiger partial charge in [0.25, 0.3) is 0 Å². The summed E-state index contributed by atoms with van der Waals surface area (Å²) in [6, 6.07) is 5.78. The van der Waals surface area contributed by atoms with Gasteiger partial charge in [0, 0.05) is 31.6 Å². The molecule has 0 spiro atoms. The van der Waals surface area contributed by atoms with Gasteiger partial charge in [0.2, 0.25) is 4.96 Å². The van der Waals surface area contributed by atoms with Crippen LogP contribution in [-0.2, 0) is 6.42 Å². The van der Waals surface area contributed by atoms with Gasteiger partial charge in [-0.2, -0.15) is 9.61 Å². The number of aromatic nitrogens is 4. The number of nitrogens with two attached hydrogens (primary N) is 2. The van der Waals surface area contributed by atoms with Crippen molar-refractivity contribution in [3.05, 3.63) is 40.8 Å². The highest BCUT2D eigenvalue weighted by Crippen LogP contribution is 2.40. The van der Waals surface area contributed by atoms with E-state index in [1.54, 1.807) is 28.4 Å². The van der Waals surface area contributed by atoms with Crippen molar-refractivity contribution in [1.29, 1.82) is 0 Å². The monoisotopic (exact) mass is 500 g/mol. The van der Waals surface area contributed by atoms with Crippen molar-refractivity contribution in [2.45, 2.75) is 32.1 Å². The van der Waals surface area contributed by atoms with Crippen LogP contribution in [0, 0.1) is 5.82 Å². The predicted molar refractivity (Wildman–Crippen MR) is 133 cm³/mol. The number of nitrogens with zero attached hydrogens (tertiary/aromatic N) is 6. The molecule has 178 valence electrons. The van der Waals surface area contributed by atoms with E-state index in [-0.39, 0.29) is 17.8 Å². The molecule has 4 aromatic rings. The zero-order valence-corrected chi connectivity index (χ0v) is 20.5. The lowest BCUT2D eigenvalue weighted by Crippen LogP contribution is -2.41. The largest absolute Gasteiger partial charge is 0.389 e. The summed E-state index contributed by atoms with van der Waals surface area (Å²) in [4.78, 5) is 25.5. The first-order chi connectivity index (χ1) is 16.4. The van der Waals surface area contributed by atoms with Crippen LogP contribution in [0.3, 0.4) is 0 Å². The fraction of sp³-hybridized carbons (Fsp3) is 0.364. The Bertz CT molecular complexity index is 1340. The molecule has 1 aliphatic rings. The number of anilines is 3. The van der Waals surface area contributed by atoms with Crippen LogP contribution in [0.2, 0.25) is 0 Å². The number of benzene rings is 1. The van der Waals surface area contributed by atoms with E-state index < -0.39 is 0 Å². The second-order valence-electron chi connectivity index (χ2n) is 8.25. The number of carbonyl (C=O) groups is 1. The van der Waals surface area contributed by atoms with E-state index in [0.717, 1.165) is 46.3 Å². The number of urea groups is 1. The van der Waals surface area contributed by atoms with E-state index in [9.17, 15) is 9.18 Å². The minimum Gasteiger partial charge on any atom is -0.389 e. The number of rotatable bonds is 5. The lowest BCUT2D eigenvalue weighted by atomic mass is 9.98. The van der Waals surface area contributed by atoms with Gasteiger partial charge in [-0.3, -0.25) is 0 Å². The van der Waals surface area contributed by atoms with E-state index in [4.69, 9.17) is 26.5 Å². The second-order valence-corrected chi connectivity index (χ2v) is 10.2. The second kappa shape index (κ2) is 8.84. The minimum absolute atomic E-state index is 0.270. The third-order valence-corrected chi connectivity index (χ3v) is 8.15. The Kier molecular flexibility index (Phi) is 5.86. The molecule has 2 amide bonds. The van der Waals surface area contributed by atoms with Gasteiger partial charge in [-0.1, -0.05) is 29.6 Å². The number of nitrogen functional groups attached to an aromatic ring is 1. The van der Waals surface area contributed by atoms with Gasteiger partial charge < -0.3 is 21.3 Å². The molecular formula is C22H25FN8OS2. The molecule has 9 nitrogen and oxygen atoms in total. The third kappa shape index (κ3) is 3.96. The van der Waals surface area contributed by atoms with Gasteiger partial charge in [-0.05, 0) is 43.5 Å². The minimum atomic E-state index is -0.369. The highest BCUT2D eigenvalue weighted by atomic mass is 32.1. The first-order valence-corrected chi connectivity index (χ1v) is 12.7. The van der Waals surface area contributed by atoms with Crippen molar-refractivity contribution in [2.24, 2.45) is 5.73 Å². The molecule has 12 heteroatoms. The van der Waals surface area contributed by atoms with E-state index in [1.807, 2.05) is 16.5 Å². The zero-order valence-electron chi connectivity index (χ0n) is 18.9. The van der Waals surface area contributed by atoms with E-state index >= 15 is 0 Å². The van der Waals surface area contributed by atoms with Crippen LogP contribution in [0.1, 0.15) is 36.4 Å². The van der Waals surface area contributed by atoms with Crippen LogP contribution in [-0.4, -0.2) is 50.7 Å². The summed E-state index contributed by atoms with van der Waals surface area (Å²) in [5.74, 6) is 0.823. The summed E-state index contributed by atoms with van der Waals surface area (Å²) in [5.41, 5.74) is 14.0. The molecule has 5 rings (SSSR count). The molecule has 0 atom stereocenters. The number of halogens is 1. The number of likely N-dealkylation sites (tertiary alicyclic amines) is 1.